The van der Waals surface area contributed by atoms with Crippen LogP contribution in [0.15, 0.2) is 0 Å². The van der Waals surface area contributed by atoms with Crippen molar-refractivity contribution in [2.45, 2.75) is 20.8 Å². The summed E-state index contributed by atoms with van der Waals surface area (Å²) in [6, 6.07) is 0. The van der Waals surface area contributed by atoms with E-state index in [1.54, 1.807) is 0 Å². The maximum absolute atomic E-state index is 4.01. The third-order valence-electron chi connectivity index (χ3n) is 0.632. The van der Waals surface area contributed by atoms with Crippen LogP contribution >= 0.6 is 0 Å². The first-order valence-corrected chi connectivity index (χ1v) is 2.62. The van der Waals surface area contributed by atoms with Gasteiger partial charge in [-0.1, -0.05) is 26.2 Å². The second-order valence-electron chi connectivity index (χ2n) is 3.04. The molecule has 0 spiro atoms. The van der Waals surface area contributed by atoms with Gasteiger partial charge in [0.25, 0.3) is 0 Å². The monoisotopic (exact) mass is 203 g/mol. The SMILES string of the molecule is C[N-]CC(C)(C)C.[Rh]. The molecule has 0 heterocycles. The molecule has 0 aliphatic heterocycles. The molecule has 0 saturated heterocycles. The summed E-state index contributed by atoms with van der Waals surface area (Å²) in [7, 11) is 1.85. The average Bonchev–Trinajstić information content (AvgIpc) is 1.30. The summed E-state index contributed by atoms with van der Waals surface area (Å²) in [6.45, 7) is 7.51. The van der Waals surface area contributed by atoms with E-state index in [-0.39, 0.29) is 19.5 Å². The van der Waals surface area contributed by atoms with Gasteiger partial charge in [-0.3, -0.25) is 0 Å². The summed E-state index contributed by atoms with van der Waals surface area (Å²) in [5, 5.41) is 4.01. The summed E-state index contributed by atoms with van der Waals surface area (Å²) in [5.41, 5.74) is 0.384. The van der Waals surface area contributed by atoms with Crippen LogP contribution < -0.4 is 0 Å². The van der Waals surface area contributed by atoms with E-state index in [9.17, 15) is 0 Å². The zero-order valence-corrected chi connectivity index (χ0v) is 7.63. The maximum atomic E-state index is 4.01. The predicted molar refractivity (Wildman–Crippen MR) is 33.6 cm³/mol. The van der Waals surface area contributed by atoms with Crippen LogP contribution in [0.25, 0.3) is 5.32 Å². The van der Waals surface area contributed by atoms with E-state index in [4.69, 9.17) is 0 Å². The van der Waals surface area contributed by atoms with E-state index in [0.29, 0.717) is 5.41 Å². The zero-order valence-electron chi connectivity index (χ0n) is 5.99. The minimum atomic E-state index is 0. The first-order chi connectivity index (χ1) is 3.06. The van der Waals surface area contributed by atoms with Crippen molar-refractivity contribution in [3.05, 3.63) is 5.32 Å². The molecule has 0 rings (SSSR count). The molecule has 1 radical (unpaired) electrons. The molecule has 0 saturated carbocycles. The third-order valence-corrected chi connectivity index (χ3v) is 0.632. The van der Waals surface area contributed by atoms with Crippen molar-refractivity contribution >= 4 is 0 Å². The van der Waals surface area contributed by atoms with Crippen molar-refractivity contribution in [1.82, 2.24) is 0 Å². The van der Waals surface area contributed by atoms with Gasteiger partial charge >= 0.3 is 0 Å². The van der Waals surface area contributed by atoms with E-state index >= 15 is 0 Å². The Kier molecular flexibility index (Phi) is 6.35. The number of rotatable bonds is 1. The summed E-state index contributed by atoms with van der Waals surface area (Å²) in [4.78, 5) is 0. The molecular weight excluding hydrogens is 189 g/mol. The molecule has 8 heavy (non-hydrogen) atoms. The Morgan fingerprint density at radius 2 is 1.62 bits per heavy atom. The fourth-order valence-electron chi connectivity index (χ4n) is 0.474. The van der Waals surface area contributed by atoms with Crippen LogP contribution in [0.2, 0.25) is 0 Å². The summed E-state index contributed by atoms with van der Waals surface area (Å²) >= 11 is 0. The van der Waals surface area contributed by atoms with Gasteiger partial charge in [0.05, 0.1) is 0 Å². The second kappa shape index (κ2) is 4.46. The molecule has 0 aromatic carbocycles. The van der Waals surface area contributed by atoms with Gasteiger partial charge in [-0.05, 0) is 0 Å². The standard InChI is InChI=1S/C6H14N.Rh/c1-6(2,3)5-7-4;/h5H2,1-4H3;/q-1;. The molecule has 0 aromatic heterocycles. The Morgan fingerprint density at radius 3 is 1.62 bits per heavy atom. The Bertz CT molecular complexity index is 47.0. The maximum Gasteiger partial charge on any atom is 0 e. The Hall–Kier alpha value is 0.583. The summed E-state index contributed by atoms with van der Waals surface area (Å²) in [5.74, 6) is 0. The summed E-state index contributed by atoms with van der Waals surface area (Å²) < 4.78 is 0. The van der Waals surface area contributed by atoms with Crippen LogP contribution in [0.3, 0.4) is 0 Å². The fraction of sp³-hybridized carbons (Fsp3) is 1.00. The third kappa shape index (κ3) is 9.77. The van der Waals surface area contributed by atoms with E-state index in [1.807, 2.05) is 7.05 Å². The van der Waals surface area contributed by atoms with Gasteiger partial charge in [0.2, 0.25) is 0 Å². The van der Waals surface area contributed by atoms with E-state index < -0.39 is 0 Å². The molecule has 0 N–H and O–H groups in total. The van der Waals surface area contributed by atoms with Crippen LogP contribution in [0.5, 0.6) is 0 Å². The van der Waals surface area contributed by atoms with Crippen molar-refractivity contribution in [2.75, 3.05) is 13.6 Å². The zero-order chi connectivity index (χ0) is 5.91. The van der Waals surface area contributed by atoms with E-state index in [2.05, 4.69) is 26.1 Å². The van der Waals surface area contributed by atoms with Crippen molar-refractivity contribution < 1.29 is 19.5 Å². The van der Waals surface area contributed by atoms with Gasteiger partial charge in [0.1, 0.15) is 0 Å². The predicted octanol–water partition coefficient (Wildman–Crippen LogP) is 2.03. The molecular formula is C6H14NRh-. The number of hydrogen-bond acceptors (Lipinski definition) is 0. The van der Waals surface area contributed by atoms with Gasteiger partial charge in [-0.25, -0.2) is 0 Å². The first kappa shape index (κ1) is 11.4. The molecule has 0 aliphatic carbocycles. The molecule has 0 aliphatic rings. The topological polar surface area (TPSA) is 14.1 Å². The van der Waals surface area contributed by atoms with Crippen LogP contribution in [-0.4, -0.2) is 13.6 Å². The van der Waals surface area contributed by atoms with Gasteiger partial charge in [0, 0.05) is 19.5 Å². The molecule has 0 amide bonds. The number of hydrogen-bond donors (Lipinski definition) is 0. The van der Waals surface area contributed by atoms with Crippen molar-refractivity contribution in [3.8, 4) is 0 Å². The quantitative estimate of drug-likeness (QED) is 0.579. The van der Waals surface area contributed by atoms with Gasteiger partial charge in [0.15, 0.2) is 0 Å². The smallest absolute Gasteiger partial charge is 0 e. The Balaban J connectivity index is 0. The normalized spacial score (nSPS) is 10.5. The molecule has 0 unspecified atom stereocenters. The average molecular weight is 203 g/mol. The van der Waals surface area contributed by atoms with Crippen LogP contribution in [0.1, 0.15) is 20.8 Å². The first-order valence-electron chi connectivity index (χ1n) is 2.62. The van der Waals surface area contributed by atoms with Crippen LogP contribution in [0, 0.1) is 5.41 Å². The van der Waals surface area contributed by atoms with Crippen LogP contribution in [0.4, 0.5) is 0 Å². The minimum absolute atomic E-state index is 0. The fourth-order valence-corrected chi connectivity index (χ4v) is 0.474. The largest absolute Gasteiger partial charge is 0.665 e. The van der Waals surface area contributed by atoms with E-state index in [1.165, 1.54) is 0 Å². The molecule has 0 atom stereocenters. The molecule has 2 heteroatoms. The number of nitrogens with zero attached hydrogens (tertiary/aromatic N) is 1. The van der Waals surface area contributed by atoms with Gasteiger partial charge in [-0.15, -0.1) is 6.54 Å². The molecule has 0 fully saturated rings. The van der Waals surface area contributed by atoms with Gasteiger partial charge < -0.3 is 5.32 Å². The van der Waals surface area contributed by atoms with Crippen molar-refractivity contribution in [2.24, 2.45) is 5.41 Å². The van der Waals surface area contributed by atoms with Crippen LogP contribution in [-0.2, 0) is 19.5 Å². The molecule has 0 bridgehead atoms. The Labute approximate surface area is 65.0 Å². The van der Waals surface area contributed by atoms with Crippen molar-refractivity contribution in [1.29, 1.82) is 0 Å². The second-order valence-corrected chi connectivity index (χ2v) is 3.04. The molecule has 0 aromatic rings. The molecule has 1 nitrogen and oxygen atoms in total. The molecule has 53 valence electrons. The minimum Gasteiger partial charge on any atom is -0.665 e. The van der Waals surface area contributed by atoms with E-state index in [0.717, 1.165) is 6.54 Å². The Morgan fingerprint density at radius 1 is 1.25 bits per heavy atom. The summed E-state index contributed by atoms with van der Waals surface area (Å²) in [6.07, 6.45) is 0. The van der Waals surface area contributed by atoms with Gasteiger partial charge in [-0.2, -0.15) is 7.05 Å². The van der Waals surface area contributed by atoms with Crippen molar-refractivity contribution in [3.63, 3.8) is 0 Å².